The lowest BCUT2D eigenvalue weighted by atomic mass is 9.55. The number of hydrogen-bond donors (Lipinski definition) is 3. The summed E-state index contributed by atoms with van der Waals surface area (Å²) in [5, 5.41) is 34.0. The first-order valence-electron chi connectivity index (χ1n) is 21.1. The molecule has 0 bridgehead atoms. The molecule has 0 spiro atoms. The minimum atomic E-state index is -1.55. The van der Waals surface area contributed by atoms with E-state index in [0.717, 1.165) is 5.57 Å². The highest BCUT2D eigenvalue weighted by Crippen LogP contribution is 2.58. The lowest BCUT2D eigenvalue weighted by Crippen LogP contribution is -2.57. The maximum atomic E-state index is 13.8. The van der Waals surface area contributed by atoms with Gasteiger partial charge in [0.05, 0.1) is 67.6 Å². The molecule has 0 amide bonds. The Bertz CT molecular complexity index is 1560. The van der Waals surface area contributed by atoms with Crippen LogP contribution in [0.2, 0.25) is 0 Å². The van der Waals surface area contributed by atoms with Gasteiger partial charge < -0.3 is 72.2 Å². The summed E-state index contributed by atoms with van der Waals surface area (Å²) in [4.78, 5) is 13.8. The maximum absolute atomic E-state index is 13.8. The Kier molecular flexibility index (Phi) is 12.2. The number of carbonyl (C=O) groups excluding carboxylic acids is 1. The molecule has 328 valence electrons. The topological polar surface area (TPSA) is 189 Å². The smallest absolute Gasteiger partial charge is 0.310 e. The lowest BCUT2D eigenvalue weighted by molar-refractivity contribution is -0.339. The quantitative estimate of drug-likeness (QED) is 0.227. The first kappa shape index (κ1) is 42.9. The van der Waals surface area contributed by atoms with Crippen LogP contribution in [0.4, 0.5) is 0 Å². The number of carbonyl (C=O) groups is 1. The van der Waals surface area contributed by atoms with Gasteiger partial charge in [0.25, 0.3) is 0 Å². The molecule has 6 aliphatic heterocycles. The van der Waals surface area contributed by atoms with E-state index < -0.39 is 109 Å². The highest BCUT2D eigenvalue weighted by Gasteiger charge is 2.68. The van der Waals surface area contributed by atoms with Crippen molar-refractivity contribution in [2.24, 2.45) is 17.3 Å². The molecule has 0 aromatic carbocycles. The van der Waals surface area contributed by atoms with Crippen molar-refractivity contribution < 1.29 is 77.0 Å². The fourth-order valence-electron chi connectivity index (χ4n) is 11.3. The third kappa shape index (κ3) is 7.39. The molecule has 58 heavy (non-hydrogen) atoms. The van der Waals surface area contributed by atoms with E-state index in [2.05, 4.69) is 13.0 Å². The third-order valence-corrected chi connectivity index (χ3v) is 14.8. The van der Waals surface area contributed by atoms with Gasteiger partial charge >= 0.3 is 5.97 Å². The van der Waals surface area contributed by atoms with Gasteiger partial charge in [-0.15, -0.1) is 0 Å². The van der Waals surface area contributed by atoms with Crippen LogP contribution >= 0.6 is 0 Å². The Morgan fingerprint density at radius 3 is 1.98 bits per heavy atom. The molecule has 6 heterocycles. The molecule has 1 saturated carbocycles. The van der Waals surface area contributed by atoms with E-state index >= 15 is 0 Å². The number of rotatable bonds is 9. The fourth-order valence-corrected chi connectivity index (χ4v) is 11.3. The summed E-state index contributed by atoms with van der Waals surface area (Å²) < 4.78 is 73.1. The Morgan fingerprint density at radius 2 is 1.36 bits per heavy atom. The number of fused-ring (bicyclic) bond motifs is 3. The van der Waals surface area contributed by atoms with E-state index in [-0.39, 0.29) is 24.6 Å². The van der Waals surface area contributed by atoms with E-state index in [4.69, 9.17) is 56.8 Å². The minimum Gasteiger partial charge on any atom is -0.466 e. The van der Waals surface area contributed by atoms with Crippen molar-refractivity contribution in [2.45, 2.75) is 189 Å². The normalized spacial score (nSPS) is 51.8. The highest BCUT2D eigenvalue weighted by atomic mass is 16.8. The van der Waals surface area contributed by atoms with Crippen molar-refractivity contribution in [1.29, 1.82) is 0 Å². The second-order valence-electron chi connectivity index (χ2n) is 18.0. The van der Waals surface area contributed by atoms with E-state index in [1.165, 1.54) is 0 Å². The molecule has 2 aliphatic carbocycles. The number of allylic oxidation sites excluding steroid dienone is 1. The van der Waals surface area contributed by atoms with Crippen LogP contribution < -0.4 is 0 Å². The van der Waals surface area contributed by atoms with Gasteiger partial charge in [-0.2, -0.15) is 0 Å². The van der Waals surface area contributed by atoms with Crippen LogP contribution in [-0.2, 0) is 61.6 Å². The monoisotopic (exact) mass is 824 g/mol. The number of methoxy groups -OCH3 is 3. The molecule has 8 rings (SSSR count). The number of hydrogen-bond acceptors (Lipinski definition) is 16. The third-order valence-electron chi connectivity index (χ3n) is 14.8. The summed E-state index contributed by atoms with van der Waals surface area (Å²) in [6.07, 6.45) is -0.864. The van der Waals surface area contributed by atoms with E-state index in [9.17, 15) is 20.1 Å². The summed E-state index contributed by atoms with van der Waals surface area (Å²) in [6.45, 7) is 9.49. The van der Waals surface area contributed by atoms with Gasteiger partial charge in [-0.25, -0.2) is 0 Å². The number of esters is 1. The number of aliphatic hydroxyl groups excluding tert-OH is 2. The molecule has 20 unspecified atom stereocenters. The van der Waals surface area contributed by atoms with E-state index in [0.29, 0.717) is 56.9 Å². The zero-order valence-electron chi connectivity index (χ0n) is 35.0. The van der Waals surface area contributed by atoms with Gasteiger partial charge in [0.1, 0.15) is 18.3 Å². The predicted octanol–water partition coefficient (Wildman–Crippen LogP) is 2.77. The predicted molar refractivity (Wildman–Crippen MR) is 200 cm³/mol. The molecule has 8 aliphatic rings. The molecule has 3 N–H and O–H groups in total. The Balaban J connectivity index is 0.881. The minimum absolute atomic E-state index is 0.0554. The highest BCUT2D eigenvalue weighted by molar-refractivity contribution is 5.74. The largest absolute Gasteiger partial charge is 0.466 e. The lowest BCUT2D eigenvalue weighted by Gasteiger charge is -2.52. The molecule has 16 nitrogen and oxygen atoms in total. The van der Waals surface area contributed by atoms with Crippen molar-refractivity contribution in [1.82, 2.24) is 0 Å². The summed E-state index contributed by atoms with van der Waals surface area (Å²) >= 11 is 0. The van der Waals surface area contributed by atoms with Crippen LogP contribution in [0.1, 0.15) is 86.0 Å². The first-order chi connectivity index (χ1) is 27.6. The van der Waals surface area contributed by atoms with Gasteiger partial charge in [0.2, 0.25) is 5.79 Å². The Hall–Kier alpha value is -1.77. The Labute approximate surface area is 340 Å². The fraction of sp³-hybridized carbons (Fsp3) is 0.881. The van der Waals surface area contributed by atoms with E-state index in [1.54, 1.807) is 41.4 Å². The van der Waals surface area contributed by atoms with Crippen molar-refractivity contribution in [2.75, 3.05) is 27.9 Å². The van der Waals surface area contributed by atoms with Crippen molar-refractivity contribution in [3.63, 3.8) is 0 Å². The Morgan fingerprint density at radius 1 is 0.776 bits per heavy atom. The van der Waals surface area contributed by atoms with Crippen molar-refractivity contribution in [3.05, 3.63) is 23.5 Å². The molecule has 5 saturated heterocycles. The van der Waals surface area contributed by atoms with Crippen molar-refractivity contribution >= 4 is 5.97 Å². The van der Waals surface area contributed by atoms with Crippen LogP contribution in [0.3, 0.4) is 0 Å². The van der Waals surface area contributed by atoms with Gasteiger partial charge in [-0.05, 0) is 64.2 Å². The summed E-state index contributed by atoms with van der Waals surface area (Å²) in [7, 11) is 4.83. The van der Waals surface area contributed by atoms with E-state index in [1.807, 2.05) is 13.8 Å². The average molecular weight is 825 g/mol. The molecular weight excluding hydrogens is 760 g/mol. The standard InChI is InChI=1S/C42H64O16/c1-20-36(44)29(47-6)14-34(52-20)57-38-22(3)54-35(16-31(38)49-8)58-37-21(2)53-33(15-30(37)48-7)55-28-13-23-9-11-25-26(40(23,4)17-27(28)43)12-10-24-18-50-41(5)42(24,46)32(19-51-41)56-39(25)45/h9,18,20-22,25-38,43-44,46H,10-17,19H2,1-8H3. The SMILES string of the molecule is COC1CC(OC2C(C)OC(OC3C(C)OC(OC4CC5=CCC6C(=O)OC7COC8(C)OC=C(CCC6C5(C)CC4O)C78O)CC3OC)CC2OC)OC(C)C1O. The molecule has 0 aromatic heterocycles. The van der Waals surface area contributed by atoms with Gasteiger partial charge in [0, 0.05) is 53.1 Å². The van der Waals surface area contributed by atoms with Crippen LogP contribution in [-0.4, -0.2) is 153 Å². The maximum Gasteiger partial charge on any atom is 0.310 e. The average Bonchev–Trinajstić information content (AvgIpc) is 3.60. The second kappa shape index (κ2) is 16.5. The zero-order chi connectivity index (χ0) is 41.3. The molecular formula is C42H64O16. The number of aliphatic hydroxyl groups is 3. The second-order valence-corrected chi connectivity index (χ2v) is 18.0. The summed E-state index contributed by atoms with van der Waals surface area (Å²) in [5.41, 5.74) is -0.218. The first-order valence-corrected chi connectivity index (χ1v) is 21.1. The van der Waals surface area contributed by atoms with Crippen LogP contribution in [0.25, 0.3) is 0 Å². The number of ether oxygens (including phenoxy) is 12. The molecule has 0 radical (unpaired) electrons. The van der Waals surface area contributed by atoms with Gasteiger partial charge in [-0.1, -0.05) is 18.6 Å². The summed E-state index contributed by atoms with van der Waals surface area (Å²) in [6, 6.07) is 0. The van der Waals surface area contributed by atoms with Crippen LogP contribution in [0.5, 0.6) is 0 Å². The molecule has 16 heteroatoms. The summed E-state index contributed by atoms with van der Waals surface area (Å²) in [5.74, 6) is -2.20. The molecule has 20 atom stereocenters. The van der Waals surface area contributed by atoms with Crippen LogP contribution in [0, 0.1) is 17.3 Å². The molecule has 0 aromatic rings. The zero-order valence-corrected chi connectivity index (χ0v) is 35.0. The van der Waals surface area contributed by atoms with Gasteiger partial charge in [-0.3, -0.25) is 4.79 Å². The van der Waals surface area contributed by atoms with Gasteiger partial charge in [0.15, 0.2) is 30.6 Å². The van der Waals surface area contributed by atoms with Crippen LogP contribution in [0.15, 0.2) is 23.5 Å². The van der Waals surface area contributed by atoms with Crippen molar-refractivity contribution in [3.8, 4) is 0 Å². The molecule has 6 fully saturated rings.